The van der Waals surface area contributed by atoms with E-state index < -0.39 is 0 Å². The third-order valence-electron chi connectivity index (χ3n) is 3.53. The molecule has 0 heterocycles. The van der Waals surface area contributed by atoms with Crippen molar-refractivity contribution >= 4 is 23.5 Å². The molecule has 0 radical (unpaired) electrons. The van der Waals surface area contributed by atoms with Gasteiger partial charge in [0.05, 0.1) is 17.3 Å². The van der Waals surface area contributed by atoms with Gasteiger partial charge in [-0.2, -0.15) is 0 Å². The first-order valence-electron chi connectivity index (χ1n) is 8.18. The van der Waals surface area contributed by atoms with Gasteiger partial charge in [0, 0.05) is 6.21 Å². The van der Waals surface area contributed by atoms with E-state index in [1.807, 2.05) is 61.5 Å². The van der Waals surface area contributed by atoms with Crippen molar-refractivity contribution in [2.75, 3.05) is 6.61 Å². The number of nitrogens with zero attached hydrogens (tertiary/aromatic N) is 1. The second kappa shape index (κ2) is 8.41. The second-order valence-corrected chi connectivity index (χ2v) is 5.86. The zero-order chi connectivity index (χ0) is 18.4. The van der Waals surface area contributed by atoms with E-state index in [0.29, 0.717) is 12.4 Å². The van der Waals surface area contributed by atoms with E-state index in [1.165, 1.54) is 0 Å². The van der Waals surface area contributed by atoms with Crippen LogP contribution in [-0.4, -0.2) is 17.9 Å². The summed E-state index contributed by atoms with van der Waals surface area (Å²) < 4.78 is 11.1. The number of rotatable bonds is 6. The number of halogens is 1. The third kappa shape index (κ3) is 4.55. The van der Waals surface area contributed by atoms with Crippen molar-refractivity contribution in [1.82, 2.24) is 0 Å². The highest BCUT2D eigenvalue weighted by atomic mass is 35.5. The van der Waals surface area contributed by atoms with E-state index in [9.17, 15) is 5.11 Å². The molecule has 0 unspecified atom stereocenters. The van der Waals surface area contributed by atoms with Crippen LogP contribution in [0.1, 0.15) is 12.5 Å². The Bertz CT molecular complexity index is 893. The maximum absolute atomic E-state index is 9.87. The van der Waals surface area contributed by atoms with Gasteiger partial charge in [0.2, 0.25) is 0 Å². The molecule has 1 N–H and O–H groups in total. The van der Waals surface area contributed by atoms with Crippen LogP contribution >= 0.6 is 11.6 Å². The Morgan fingerprint density at radius 1 is 1.00 bits per heavy atom. The first-order chi connectivity index (χ1) is 12.7. The number of para-hydroxylation sites is 1. The lowest BCUT2D eigenvalue weighted by atomic mass is 10.2. The Morgan fingerprint density at radius 2 is 1.69 bits per heavy atom. The van der Waals surface area contributed by atoms with E-state index >= 15 is 0 Å². The number of phenols is 1. The molecule has 5 heteroatoms. The van der Waals surface area contributed by atoms with Gasteiger partial charge in [-0.15, -0.1) is 0 Å². The van der Waals surface area contributed by atoms with Crippen molar-refractivity contribution in [1.29, 1.82) is 0 Å². The Morgan fingerprint density at radius 3 is 2.38 bits per heavy atom. The molecule has 4 nitrogen and oxygen atoms in total. The third-order valence-corrected chi connectivity index (χ3v) is 3.82. The lowest BCUT2D eigenvalue weighted by Crippen LogP contribution is -1.94. The minimum absolute atomic E-state index is 0.0620. The Hall–Kier alpha value is -2.98. The normalized spacial score (nSPS) is 10.8. The number of aliphatic imine (C=N–C) groups is 1. The molecule has 0 spiro atoms. The van der Waals surface area contributed by atoms with Gasteiger partial charge < -0.3 is 14.6 Å². The molecule has 132 valence electrons. The van der Waals surface area contributed by atoms with Gasteiger partial charge in [0.25, 0.3) is 0 Å². The van der Waals surface area contributed by atoms with Crippen molar-refractivity contribution in [2.45, 2.75) is 6.92 Å². The van der Waals surface area contributed by atoms with Crippen molar-refractivity contribution in [3.05, 3.63) is 77.3 Å². The van der Waals surface area contributed by atoms with Crippen molar-refractivity contribution in [2.24, 2.45) is 4.99 Å². The van der Waals surface area contributed by atoms with Crippen molar-refractivity contribution in [3.8, 4) is 23.0 Å². The van der Waals surface area contributed by atoms with Crippen LogP contribution in [0.3, 0.4) is 0 Å². The zero-order valence-corrected chi connectivity index (χ0v) is 15.0. The minimum Gasteiger partial charge on any atom is -0.503 e. The zero-order valence-electron chi connectivity index (χ0n) is 14.2. The molecule has 0 aliphatic heterocycles. The lowest BCUT2D eigenvalue weighted by Gasteiger charge is -2.08. The summed E-state index contributed by atoms with van der Waals surface area (Å²) in [6.45, 7) is 2.28. The highest BCUT2D eigenvalue weighted by Crippen LogP contribution is 2.35. The summed E-state index contributed by atoms with van der Waals surface area (Å²) in [5.41, 5.74) is 1.51. The SMILES string of the molecule is CCOc1cc(C=Nc2ccc(Oc3ccccc3)cc2)cc(Cl)c1O. The Labute approximate surface area is 157 Å². The van der Waals surface area contributed by atoms with Crippen molar-refractivity contribution in [3.63, 3.8) is 0 Å². The molecular weight excluding hydrogens is 350 g/mol. The number of aromatic hydroxyl groups is 1. The monoisotopic (exact) mass is 367 g/mol. The van der Waals surface area contributed by atoms with Crippen LogP contribution in [0.4, 0.5) is 5.69 Å². The standard InChI is InChI=1S/C21H18ClNO3/c1-2-25-20-13-15(12-19(22)21(20)24)14-23-16-8-10-18(11-9-16)26-17-6-4-3-5-7-17/h3-14,24H,2H2,1H3. The molecule has 0 aliphatic rings. The molecule has 26 heavy (non-hydrogen) atoms. The molecule has 3 rings (SSSR count). The maximum atomic E-state index is 9.87. The van der Waals surface area contributed by atoms with Crippen LogP contribution in [0, 0.1) is 0 Å². The van der Waals surface area contributed by atoms with E-state index in [-0.39, 0.29) is 10.8 Å². The number of phenolic OH excluding ortho intramolecular Hbond substituents is 1. The summed E-state index contributed by atoms with van der Waals surface area (Å²) >= 11 is 6.03. The van der Waals surface area contributed by atoms with Crippen LogP contribution in [0.25, 0.3) is 0 Å². The van der Waals surface area contributed by atoms with Crippen LogP contribution in [0.2, 0.25) is 5.02 Å². The number of benzene rings is 3. The quantitative estimate of drug-likeness (QED) is 0.544. The summed E-state index contributed by atoms with van der Waals surface area (Å²) in [4.78, 5) is 4.42. The summed E-state index contributed by atoms with van der Waals surface area (Å²) in [5.74, 6) is 1.80. The molecule has 0 fully saturated rings. The average Bonchev–Trinajstić information content (AvgIpc) is 2.66. The highest BCUT2D eigenvalue weighted by molar-refractivity contribution is 6.32. The van der Waals surface area contributed by atoms with Gasteiger partial charge >= 0.3 is 0 Å². The predicted octanol–water partition coefficient (Wildman–Crippen LogP) is 5.99. The first-order valence-corrected chi connectivity index (χ1v) is 8.56. The van der Waals surface area contributed by atoms with Crippen LogP contribution in [-0.2, 0) is 0 Å². The number of hydrogen-bond donors (Lipinski definition) is 1. The average molecular weight is 368 g/mol. The fourth-order valence-electron chi connectivity index (χ4n) is 2.31. The Kier molecular flexibility index (Phi) is 5.77. The van der Waals surface area contributed by atoms with E-state index in [4.69, 9.17) is 21.1 Å². The summed E-state index contributed by atoms with van der Waals surface area (Å²) in [7, 11) is 0. The molecule has 3 aromatic carbocycles. The number of hydrogen-bond acceptors (Lipinski definition) is 4. The smallest absolute Gasteiger partial charge is 0.176 e. The van der Waals surface area contributed by atoms with Gasteiger partial charge in [-0.05, 0) is 61.0 Å². The molecule has 0 saturated carbocycles. The fraction of sp³-hybridized carbons (Fsp3) is 0.0952. The van der Waals surface area contributed by atoms with Crippen LogP contribution in [0.5, 0.6) is 23.0 Å². The van der Waals surface area contributed by atoms with E-state index in [0.717, 1.165) is 22.7 Å². The molecule has 0 saturated heterocycles. The minimum atomic E-state index is -0.0620. The first kappa shape index (κ1) is 17.8. The summed E-state index contributed by atoms with van der Waals surface area (Å²) in [6.07, 6.45) is 1.67. The maximum Gasteiger partial charge on any atom is 0.176 e. The molecule has 3 aromatic rings. The molecule has 0 bridgehead atoms. The van der Waals surface area contributed by atoms with Crippen LogP contribution in [0.15, 0.2) is 71.7 Å². The molecule has 0 aliphatic carbocycles. The van der Waals surface area contributed by atoms with Gasteiger partial charge in [-0.1, -0.05) is 29.8 Å². The lowest BCUT2D eigenvalue weighted by molar-refractivity contribution is 0.318. The van der Waals surface area contributed by atoms with Crippen molar-refractivity contribution < 1.29 is 14.6 Å². The summed E-state index contributed by atoms with van der Waals surface area (Å²) in [5, 5.41) is 10.1. The number of ether oxygens (including phenoxy) is 2. The fourth-order valence-corrected chi connectivity index (χ4v) is 2.53. The topological polar surface area (TPSA) is 51.0 Å². The molecule has 0 aromatic heterocycles. The molecule has 0 amide bonds. The van der Waals surface area contributed by atoms with Crippen LogP contribution < -0.4 is 9.47 Å². The van der Waals surface area contributed by atoms with Gasteiger partial charge in [0.15, 0.2) is 11.5 Å². The highest BCUT2D eigenvalue weighted by Gasteiger charge is 2.08. The predicted molar refractivity (Wildman–Crippen MR) is 104 cm³/mol. The van der Waals surface area contributed by atoms with E-state index in [1.54, 1.807) is 18.3 Å². The molecule has 0 atom stereocenters. The van der Waals surface area contributed by atoms with Gasteiger partial charge in [-0.3, -0.25) is 4.99 Å². The molecular formula is C21H18ClNO3. The second-order valence-electron chi connectivity index (χ2n) is 5.45. The summed E-state index contributed by atoms with van der Waals surface area (Å²) in [6, 6.07) is 20.4. The largest absolute Gasteiger partial charge is 0.503 e. The van der Waals surface area contributed by atoms with Gasteiger partial charge in [0.1, 0.15) is 11.5 Å². The van der Waals surface area contributed by atoms with E-state index in [2.05, 4.69) is 4.99 Å². The van der Waals surface area contributed by atoms with Gasteiger partial charge in [-0.25, -0.2) is 0 Å². The Balaban J connectivity index is 1.72.